The minimum absolute atomic E-state index is 0.151. The van der Waals surface area contributed by atoms with Gasteiger partial charge in [-0.25, -0.2) is 14.1 Å². The summed E-state index contributed by atoms with van der Waals surface area (Å²) >= 11 is 0. The molecular formula is C24H20FN3O5. The van der Waals surface area contributed by atoms with E-state index in [9.17, 15) is 18.8 Å². The van der Waals surface area contributed by atoms with Crippen LogP contribution in [0, 0.1) is 5.82 Å². The quantitative estimate of drug-likeness (QED) is 0.441. The van der Waals surface area contributed by atoms with Crippen LogP contribution >= 0.6 is 0 Å². The second-order valence-electron chi connectivity index (χ2n) is 7.06. The number of rotatable bonds is 7. The van der Waals surface area contributed by atoms with Gasteiger partial charge in [0.1, 0.15) is 18.0 Å². The Morgan fingerprint density at radius 3 is 2.42 bits per heavy atom. The normalized spacial score (nSPS) is 15.0. The molecule has 168 valence electrons. The molecule has 0 aliphatic carbocycles. The number of halogens is 1. The Hall–Kier alpha value is -4.40. The lowest BCUT2D eigenvalue weighted by atomic mass is 10.1. The molecule has 0 spiro atoms. The van der Waals surface area contributed by atoms with Crippen molar-refractivity contribution in [3.8, 4) is 11.5 Å². The van der Waals surface area contributed by atoms with Gasteiger partial charge in [-0.2, -0.15) is 0 Å². The van der Waals surface area contributed by atoms with Crippen LogP contribution in [0.3, 0.4) is 0 Å². The van der Waals surface area contributed by atoms with Crippen molar-refractivity contribution in [2.24, 2.45) is 0 Å². The number of methoxy groups -OCH3 is 1. The van der Waals surface area contributed by atoms with Gasteiger partial charge in [0, 0.05) is 11.9 Å². The maximum atomic E-state index is 13.2. The van der Waals surface area contributed by atoms with E-state index in [4.69, 9.17) is 9.47 Å². The second-order valence-corrected chi connectivity index (χ2v) is 7.06. The Balaban J connectivity index is 1.53. The third-order valence-corrected chi connectivity index (χ3v) is 5.00. The van der Waals surface area contributed by atoms with Gasteiger partial charge in [0.05, 0.1) is 19.3 Å². The van der Waals surface area contributed by atoms with Gasteiger partial charge < -0.3 is 14.0 Å². The van der Waals surface area contributed by atoms with E-state index in [0.717, 1.165) is 17.0 Å². The standard InChI is InChI=1S/C24H20FN3O5/c1-32-20-6-2-3-7-21(20)33-14-13-27-12-4-5-18(27)15-19-22(29)26-24(31)28(23(19)30)17-10-8-16(25)9-11-17/h2-12,15H,13-14H2,1H3,(H,26,29,31)/b19-15-. The monoisotopic (exact) mass is 449 g/mol. The second kappa shape index (κ2) is 9.39. The average Bonchev–Trinajstić information content (AvgIpc) is 3.25. The number of hydrogen-bond donors (Lipinski definition) is 1. The number of aromatic nitrogens is 1. The van der Waals surface area contributed by atoms with Gasteiger partial charge in [0.15, 0.2) is 11.5 Å². The van der Waals surface area contributed by atoms with Crippen LogP contribution in [-0.2, 0) is 16.1 Å². The van der Waals surface area contributed by atoms with Crippen LogP contribution in [0.4, 0.5) is 14.9 Å². The van der Waals surface area contributed by atoms with Crippen LogP contribution in [0.2, 0.25) is 0 Å². The molecule has 0 bridgehead atoms. The Kier molecular flexibility index (Phi) is 6.21. The fourth-order valence-corrected chi connectivity index (χ4v) is 3.38. The molecule has 4 rings (SSSR count). The third kappa shape index (κ3) is 4.62. The molecule has 0 radical (unpaired) electrons. The summed E-state index contributed by atoms with van der Waals surface area (Å²) < 4.78 is 26.1. The molecule has 2 aromatic carbocycles. The van der Waals surface area contributed by atoms with Crippen LogP contribution in [0.1, 0.15) is 5.69 Å². The number of barbiturate groups is 1. The number of imide groups is 2. The predicted octanol–water partition coefficient (Wildman–Crippen LogP) is 3.38. The summed E-state index contributed by atoms with van der Waals surface area (Å²) in [7, 11) is 1.56. The highest BCUT2D eigenvalue weighted by Crippen LogP contribution is 2.26. The third-order valence-electron chi connectivity index (χ3n) is 5.00. The zero-order chi connectivity index (χ0) is 23.4. The molecule has 2 heterocycles. The summed E-state index contributed by atoms with van der Waals surface area (Å²) in [6, 6.07) is 14.7. The van der Waals surface area contributed by atoms with Crippen molar-refractivity contribution in [3.05, 3.63) is 83.9 Å². The predicted molar refractivity (Wildman–Crippen MR) is 118 cm³/mol. The molecule has 9 heteroatoms. The van der Waals surface area contributed by atoms with E-state index >= 15 is 0 Å². The van der Waals surface area contributed by atoms with Gasteiger partial charge >= 0.3 is 6.03 Å². The van der Waals surface area contributed by atoms with Crippen molar-refractivity contribution in [2.75, 3.05) is 18.6 Å². The van der Waals surface area contributed by atoms with Gasteiger partial charge in [-0.1, -0.05) is 12.1 Å². The van der Waals surface area contributed by atoms with Crippen LogP contribution in [0.25, 0.3) is 6.08 Å². The first-order chi connectivity index (χ1) is 16.0. The zero-order valence-corrected chi connectivity index (χ0v) is 17.7. The van der Waals surface area contributed by atoms with E-state index in [2.05, 4.69) is 5.32 Å². The summed E-state index contributed by atoms with van der Waals surface area (Å²) in [6.07, 6.45) is 3.19. The smallest absolute Gasteiger partial charge is 0.335 e. The average molecular weight is 449 g/mol. The van der Waals surface area contributed by atoms with E-state index in [0.29, 0.717) is 30.3 Å². The summed E-state index contributed by atoms with van der Waals surface area (Å²) in [5, 5.41) is 2.15. The van der Waals surface area contributed by atoms with E-state index in [1.54, 1.807) is 37.6 Å². The van der Waals surface area contributed by atoms with Crippen LogP contribution in [0.5, 0.6) is 11.5 Å². The molecule has 1 saturated heterocycles. The highest BCUT2D eigenvalue weighted by Gasteiger charge is 2.37. The molecule has 3 aromatic rings. The number of benzene rings is 2. The molecule has 0 unspecified atom stereocenters. The van der Waals surface area contributed by atoms with E-state index in [1.807, 2.05) is 16.7 Å². The number of para-hydroxylation sites is 2. The summed E-state index contributed by atoms with van der Waals surface area (Å²) in [5.74, 6) is -0.900. The SMILES string of the molecule is COc1ccccc1OCCn1cccc1/C=C1/C(=O)NC(=O)N(c2ccc(F)cc2)C1=O. The van der Waals surface area contributed by atoms with Crippen molar-refractivity contribution in [2.45, 2.75) is 6.54 Å². The lowest BCUT2D eigenvalue weighted by molar-refractivity contribution is -0.122. The zero-order valence-electron chi connectivity index (χ0n) is 17.7. The Labute approximate surface area is 188 Å². The van der Waals surface area contributed by atoms with Crippen molar-refractivity contribution in [3.63, 3.8) is 0 Å². The molecule has 0 saturated carbocycles. The van der Waals surface area contributed by atoms with Crippen LogP contribution in [0.15, 0.2) is 72.4 Å². The number of carbonyl (C=O) groups excluding carboxylic acids is 3. The highest BCUT2D eigenvalue weighted by atomic mass is 19.1. The Morgan fingerprint density at radius 2 is 1.70 bits per heavy atom. The first-order valence-electron chi connectivity index (χ1n) is 10.1. The number of anilines is 1. The topological polar surface area (TPSA) is 89.9 Å². The largest absolute Gasteiger partial charge is 0.493 e. The summed E-state index contributed by atoms with van der Waals surface area (Å²) in [4.78, 5) is 38.4. The lowest BCUT2D eigenvalue weighted by Gasteiger charge is -2.26. The molecule has 8 nitrogen and oxygen atoms in total. The van der Waals surface area contributed by atoms with E-state index in [1.165, 1.54) is 18.2 Å². The molecule has 1 aromatic heterocycles. The fraction of sp³-hybridized carbons (Fsp3) is 0.125. The number of nitrogens with one attached hydrogen (secondary N) is 1. The van der Waals surface area contributed by atoms with Crippen molar-refractivity contribution in [1.29, 1.82) is 0 Å². The summed E-state index contributed by atoms with van der Waals surface area (Å²) in [6.45, 7) is 0.742. The summed E-state index contributed by atoms with van der Waals surface area (Å²) in [5.41, 5.74) is 0.507. The van der Waals surface area contributed by atoms with Gasteiger partial charge in [-0.3, -0.25) is 14.9 Å². The first kappa shape index (κ1) is 21.8. The van der Waals surface area contributed by atoms with Crippen molar-refractivity contribution >= 4 is 29.6 Å². The number of hydrogen-bond acceptors (Lipinski definition) is 5. The molecule has 0 atom stereocenters. The van der Waals surface area contributed by atoms with E-state index in [-0.39, 0.29) is 11.3 Å². The number of carbonyl (C=O) groups is 3. The maximum absolute atomic E-state index is 13.2. The maximum Gasteiger partial charge on any atom is 0.335 e. The lowest BCUT2D eigenvalue weighted by Crippen LogP contribution is -2.54. The number of ether oxygens (including phenoxy) is 2. The van der Waals surface area contributed by atoms with Gasteiger partial charge in [-0.05, 0) is 54.6 Å². The van der Waals surface area contributed by atoms with Crippen LogP contribution in [-0.4, -0.2) is 36.1 Å². The minimum Gasteiger partial charge on any atom is -0.493 e. The molecular weight excluding hydrogens is 429 g/mol. The van der Waals surface area contributed by atoms with Gasteiger partial charge in [-0.15, -0.1) is 0 Å². The van der Waals surface area contributed by atoms with Crippen molar-refractivity contribution < 1.29 is 28.2 Å². The number of amides is 4. The number of urea groups is 1. The Bertz CT molecular complexity index is 1230. The van der Waals surface area contributed by atoms with Gasteiger partial charge in [0.2, 0.25) is 0 Å². The molecule has 1 aliphatic rings. The van der Waals surface area contributed by atoms with Gasteiger partial charge in [0.25, 0.3) is 11.8 Å². The molecule has 4 amide bonds. The van der Waals surface area contributed by atoms with Crippen LogP contribution < -0.4 is 19.7 Å². The fourth-order valence-electron chi connectivity index (χ4n) is 3.38. The molecule has 33 heavy (non-hydrogen) atoms. The number of nitrogens with zero attached hydrogens (tertiary/aromatic N) is 2. The Morgan fingerprint density at radius 1 is 0.970 bits per heavy atom. The minimum atomic E-state index is -0.894. The first-order valence-corrected chi connectivity index (χ1v) is 10.1. The van der Waals surface area contributed by atoms with E-state index < -0.39 is 23.7 Å². The van der Waals surface area contributed by atoms with Crippen molar-refractivity contribution in [1.82, 2.24) is 9.88 Å². The molecule has 1 N–H and O–H groups in total. The molecule has 1 aliphatic heterocycles. The highest BCUT2D eigenvalue weighted by molar-refractivity contribution is 6.39. The molecule has 1 fully saturated rings.